The number of anilines is 2. The summed E-state index contributed by atoms with van der Waals surface area (Å²) in [7, 11) is -2.64. The van der Waals surface area contributed by atoms with Gasteiger partial charge in [0.05, 0.1) is 25.6 Å². The predicted molar refractivity (Wildman–Crippen MR) is 149 cm³/mol. The molecule has 0 unspecified atom stereocenters. The van der Waals surface area contributed by atoms with Crippen LogP contribution in [0.2, 0.25) is 0 Å². The van der Waals surface area contributed by atoms with Crippen molar-refractivity contribution in [1.82, 2.24) is 24.6 Å². The minimum atomic E-state index is -4.27. The Morgan fingerprint density at radius 1 is 1.29 bits per heavy atom. The minimum Gasteiger partial charge on any atom is -0.462 e. The third-order valence-corrected chi connectivity index (χ3v) is 8.34. The Bertz CT molecular complexity index is 1410. The van der Waals surface area contributed by atoms with E-state index in [0.29, 0.717) is 11.3 Å². The molecule has 0 amide bonds. The van der Waals surface area contributed by atoms with Gasteiger partial charge in [0.2, 0.25) is 5.95 Å². The van der Waals surface area contributed by atoms with Gasteiger partial charge >= 0.3 is 13.7 Å². The molecular formula is C24H33ClN7O8P. The number of nitrogens with one attached hydrogen (secondary N) is 2. The van der Waals surface area contributed by atoms with Crippen LogP contribution in [0.3, 0.4) is 0 Å². The van der Waals surface area contributed by atoms with Gasteiger partial charge in [-0.1, -0.05) is 18.2 Å². The molecule has 224 valence electrons. The van der Waals surface area contributed by atoms with Crippen molar-refractivity contribution in [2.75, 3.05) is 31.3 Å². The number of alkyl halides is 1. The maximum absolute atomic E-state index is 13.8. The zero-order valence-corrected chi connectivity index (χ0v) is 24.5. The normalized spacial score (nSPS) is 24.7. The van der Waals surface area contributed by atoms with Crippen molar-refractivity contribution >= 4 is 48.2 Å². The van der Waals surface area contributed by atoms with Gasteiger partial charge in [0, 0.05) is 7.05 Å². The van der Waals surface area contributed by atoms with Crippen LogP contribution in [0.5, 0.6) is 5.75 Å². The molecule has 1 fully saturated rings. The Hall–Kier alpha value is -3.04. The Kier molecular flexibility index (Phi) is 9.39. The number of esters is 1. The van der Waals surface area contributed by atoms with Crippen molar-refractivity contribution < 1.29 is 38.1 Å². The van der Waals surface area contributed by atoms with Crippen molar-refractivity contribution in [3.8, 4) is 5.75 Å². The number of nitrogens with zero attached hydrogens (tertiary/aromatic N) is 4. The number of ether oxygens (including phenoxy) is 2. The summed E-state index contributed by atoms with van der Waals surface area (Å²) in [4.78, 5) is 23.2. The highest BCUT2D eigenvalue weighted by Gasteiger charge is 2.57. The fourth-order valence-electron chi connectivity index (χ4n) is 4.19. The Morgan fingerprint density at radius 3 is 2.63 bits per heavy atom. The molecule has 6 atom stereocenters. The second-order valence-electron chi connectivity index (χ2n) is 9.60. The van der Waals surface area contributed by atoms with Crippen LogP contribution in [0, 0.1) is 0 Å². The van der Waals surface area contributed by atoms with Crippen molar-refractivity contribution in [2.24, 2.45) is 0 Å². The summed E-state index contributed by atoms with van der Waals surface area (Å²) in [5.74, 6) is -0.180. The topological polar surface area (TPSA) is 205 Å². The summed E-state index contributed by atoms with van der Waals surface area (Å²) < 4.78 is 37.8. The van der Waals surface area contributed by atoms with E-state index in [1.54, 1.807) is 51.2 Å². The number of aromatic nitrogens is 4. The number of carbonyl (C=O) groups excluding carboxylic acids is 1. The lowest BCUT2D eigenvalue weighted by atomic mass is 9.99. The van der Waals surface area contributed by atoms with Crippen LogP contribution in [0.4, 0.5) is 11.8 Å². The van der Waals surface area contributed by atoms with E-state index in [1.807, 2.05) is 0 Å². The van der Waals surface area contributed by atoms with Crippen LogP contribution in [0.1, 0.15) is 27.0 Å². The first-order valence-electron chi connectivity index (χ1n) is 12.7. The van der Waals surface area contributed by atoms with Gasteiger partial charge in [0.15, 0.2) is 23.2 Å². The Morgan fingerprint density at radius 2 is 2.00 bits per heavy atom. The minimum absolute atomic E-state index is 0.0543. The van der Waals surface area contributed by atoms with E-state index in [-0.39, 0.29) is 17.3 Å². The smallest absolute Gasteiger partial charge is 0.459 e. The molecule has 1 saturated heterocycles. The monoisotopic (exact) mass is 613 g/mol. The molecule has 6 N–H and O–H groups in total. The number of para-hydroxylation sites is 1. The molecule has 0 spiro atoms. The lowest BCUT2D eigenvalue weighted by Crippen LogP contribution is -2.45. The summed E-state index contributed by atoms with van der Waals surface area (Å²) in [6, 6.07) is 7.10. The molecule has 1 aliphatic rings. The first kappa shape index (κ1) is 30.9. The highest BCUT2D eigenvalue weighted by atomic mass is 35.5. The SMILES string of the molecule is CNc1nc(N)nc2c1ncn2[C@@H]1O[C@H](CO[P@](=O)(N[C@H](C)C(=O)OC(C)C)Oc2ccccc2)[C@@H](O)[C@]1(Cl)CO. The van der Waals surface area contributed by atoms with Gasteiger partial charge in [-0.2, -0.15) is 15.1 Å². The van der Waals surface area contributed by atoms with E-state index in [9.17, 15) is 19.6 Å². The van der Waals surface area contributed by atoms with Gasteiger partial charge in [-0.3, -0.25) is 13.9 Å². The number of benzene rings is 1. The number of aliphatic hydroxyl groups is 2. The van der Waals surface area contributed by atoms with Gasteiger partial charge in [0.1, 0.15) is 28.9 Å². The largest absolute Gasteiger partial charge is 0.462 e. The highest BCUT2D eigenvalue weighted by Crippen LogP contribution is 2.48. The molecule has 1 aromatic carbocycles. The second kappa shape index (κ2) is 12.4. The first-order valence-corrected chi connectivity index (χ1v) is 14.6. The lowest BCUT2D eigenvalue weighted by molar-refractivity contribution is -0.149. The Labute approximate surface area is 240 Å². The van der Waals surface area contributed by atoms with Gasteiger partial charge in [-0.25, -0.2) is 9.55 Å². The molecule has 0 bridgehead atoms. The molecular weight excluding hydrogens is 581 g/mol. The number of fused-ring (bicyclic) bond motifs is 1. The van der Waals surface area contributed by atoms with E-state index in [4.69, 9.17) is 35.9 Å². The molecule has 0 saturated carbocycles. The van der Waals surface area contributed by atoms with Crippen molar-refractivity contribution in [3.05, 3.63) is 36.7 Å². The number of carbonyl (C=O) groups is 1. The molecule has 41 heavy (non-hydrogen) atoms. The number of hydrogen-bond donors (Lipinski definition) is 5. The van der Waals surface area contributed by atoms with Gasteiger partial charge in [-0.05, 0) is 32.9 Å². The summed E-state index contributed by atoms with van der Waals surface area (Å²) in [5, 5.41) is 26.8. The molecule has 0 aliphatic carbocycles. The maximum Gasteiger partial charge on any atom is 0.459 e. The third kappa shape index (κ3) is 6.56. The van der Waals surface area contributed by atoms with Gasteiger partial charge < -0.3 is 35.3 Å². The number of nitrogen functional groups attached to an aromatic ring is 1. The highest BCUT2D eigenvalue weighted by molar-refractivity contribution is 7.52. The van der Waals surface area contributed by atoms with Crippen molar-refractivity contribution in [3.63, 3.8) is 0 Å². The zero-order chi connectivity index (χ0) is 29.9. The quantitative estimate of drug-likeness (QED) is 0.112. The van der Waals surface area contributed by atoms with E-state index < -0.39 is 62.4 Å². The second-order valence-corrected chi connectivity index (χ2v) is 12.0. The first-order chi connectivity index (χ1) is 19.4. The molecule has 4 rings (SSSR count). The fraction of sp³-hybridized carbons (Fsp3) is 0.500. The number of imidazole rings is 1. The molecule has 15 nitrogen and oxygen atoms in total. The Balaban J connectivity index is 1.59. The summed E-state index contributed by atoms with van der Waals surface area (Å²) in [6.07, 6.45) is -2.98. The number of nitrogens with two attached hydrogens (primary N) is 1. The van der Waals surface area contributed by atoms with Crippen LogP contribution in [0.25, 0.3) is 11.2 Å². The summed E-state index contributed by atoms with van der Waals surface area (Å²) >= 11 is 6.73. The molecule has 2 aromatic heterocycles. The van der Waals surface area contributed by atoms with Crippen LogP contribution in [-0.4, -0.2) is 85.2 Å². The molecule has 17 heteroatoms. The molecule has 3 heterocycles. The van der Waals surface area contributed by atoms with Crippen LogP contribution in [0.15, 0.2) is 36.7 Å². The van der Waals surface area contributed by atoms with E-state index in [1.165, 1.54) is 17.8 Å². The number of hydrogen-bond acceptors (Lipinski definition) is 13. The average Bonchev–Trinajstić information content (AvgIpc) is 3.45. The maximum atomic E-state index is 13.8. The van der Waals surface area contributed by atoms with E-state index >= 15 is 0 Å². The van der Waals surface area contributed by atoms with E-state index in [0.717, 1.165) is 0 Å². The fourth-order valence-corrected chi connectivity index (χ4v) is 5.99. The number of aliphatic hydroxyl groups excluding tert-OH is 2. The lowest BCUT2D eigenvalue weighted by Gasteiger charge is -2.28. The van der Waals surface area contributed by atoms with Gasteiger partial charge in [0.25, 0.3) is 0 Å². The summed E-state index contributed by atoms with van der Waals surface area (Å²) in [5.41, 5.74) is 6.43. The number of halogens is 1. The number of rotatable bonds is 12. The van der Waals surface area contributed by atoms with Crippen molar-refractivity contribution in [1.29, 1.82) is 0 Å². The predicted octanol–water partition coefficient (Wildman–Crippen LogP) is 1.81. The van der Waals surface area contributed by atoms with Crippen molar-refractivity contribution in [2.45, 2.75) is 56.2 Å². The van der Waals surface area contributed by atoms with Crippen LogP contribution >= 0.6 is 19.3 Å². The summed E-state index contributed by atoms with van der Waals surface area (Å²) in [6.45, 7) is 3.57. The van der Waals surface area contributed by atoms with Crippen LogP contribution in [-0.2, 0) is 23.4 Å². The average molecular weight is 614 g/mol. The third-order valence-electron chi connectivity index (χ3n) is 6.16. The van der Waals surface area contributed by atoms with Gasteiger partial charge in [-0.15, -0.1) is 11.6 Å². The molecule has 0 radical (unpaired) electrons. The van der Waals surface area contributed by atoms with Crippen LogP contribution < -0.4 is 20.7 Å². The molecule has 3 aromatic rings. The zero-order valence-electron chi connectivity index (χ0n) is 22.8. The van der Waals surface area contributed by atoms with E-state index in [2.05, 4.69) is 25.4 Å². The standard InChI is InChI=1S/C24H33ClN7O8P/c1-13(2)38-21(35)14(3)31-41(36,40-15-8-6-5-7-9-15)37-10-16-18(34)24(25,11-33)22(39-16)32-12-28-17-19(27-4)29-23(26)30-20(17)32/h5-9,12-14,16,18,22,33-34H,10-11H2,1-4H3,(H,31,36)(H3,26,27,29,30)/t14-,16-,18-,22-,24-,41-/m1/s1. The molecule has 1 aliphatic heterocycles.